The van der Waals surface area contributed by atoms with E-state index < -0.39 is 41.9 Å². The van der Waals surface area contributed by atoms with E-state index in [-0.39, 0.29) is 46.5 Å². The molecule has 3 aromatic rings. The third kappa shape index (κ3) is 13.2. The summed E-state index contributed by atoms with van der Waals surface area (Å²) in [6.45, 7) is 7.86. The minimum Gasteiger partial charge on any atom is -0.388 e. The molecule has 0 fully saturated rings. The number of amides is 3. The standard InChI is InChI=1S/C38H46IN3O6/c1-25(2)22-32(41-35(44)31(21-20-28-14-8-5-9-15-28)40-34(43)23-26(3)27(4)39)36(45)42-33(24-29-16-10-6-11-17-29)38(47)48-37(46)30-18-12-7-13-19-30/h5-19,25-27,31-33H,20-24H2,1-4H3,(H,40,43)(H,41,44)(H,42,45)/t26?,27-,31+,32+,33+/m1/s1. The van der Waals surface area contributed by atoms with Gasteiger partial charge in [0.05, 0.1) is 5.56 Å². The minimum atomic E-state index is -1.20. The highest BCUT2D eigenvalue weighted by molar-refractivity contribution is 14.1. The summed E-state index contributed by atoms with van der Waals surface area (Å²) in [4.78, 5) is 66.6. The van der Waals surface area contributed by atoms with Crippen LogP contribution in [-0.2, 0) is 36.8 Å². The van der Waals surface area contributed by atoms with Crippen LogP contribution in [0.15, 0.2) is 91.0 Å². The minimum absolute atomic E-state index is 0.00332. The number of nitrogens with one attached hydrogen (secondary N) is 3. The first kappa shape index (κ1) is 38.4. The van der Waals surface area contributed by atoms with Crippen molar-refractivity contribution in [3.05, 3.63) is 108 Å². The lowest BCUT2D eigenvalue weighted by Gasteiger charge is -2.26. The van der Waals surface area contributed by atoms with Gasteiger partial charge < -0.3 is 20.7 Å². The van der Waals surface area contributed by atoms with Gasteiger partial charge in [-0.15, -0.1) is 0 Å². The van der Waals surface area contributed by atoms with Crippen molar-refractivity contribution in [1.29, 1.82) is 0 Å². The van der Waals surface area contributed by atoms with Gasteiger partial charge in [0.1, 0.15) is 18.1 Å². The van der Waals surface area contributed by atoms with Crippen molar-refractivity contribution in [3.63, 3.8) is 0 Å². The Morgan fingerprint density at radius 1 is 0.667 bits per heavy atom. The first-order valence-corrected chi connectivity index (χ1v) is 17.6. The molecule has 3 aromatic carbocycles. The fraction of sp³-hybridized carbons (Fsp3) is 0.395. The van der Waals surface area contributed by atoms with Crippen molar-refractivity contribution in [3.8, 4) is 0 Å². The smallest absolute Gasteiger partial charge is 0.345 e. The molecule has 1 unspecified atom stereocenters. The second kappa shape index (κ2) is 19.7. The van der Waals surface area contributed by atoms with E-state index in [4.69, 9.17) is 4.74 Å². The molecule has 3 N–H and O–H groups in total. The van der Waals surface area contributed by atoms with Crippen LogP contribution >= 0.6 is 22.6 Å². The number of aryl methyl sites for hydroxylation is 1. The molecule has 3 amide bonds. The summed E-state index contributed by atoms with van der Waals surface area (Å²) < 4.78 is 5.46. The zero-order chi connectivity index (χ0) is 35.1. The number of carbonyl (C=O) groups excluding carboxylic acids is 5. The largest absolute Gasteiger partial charge is 0.388 e. The normalized spacial score (nSPS) is 14.1. The van der Waals surface area contributed by atoms with E-state index in [1.165, 1.54) is 12.1 Å². The van der Waals surface area contributed by atoms with Crippen LogP contribution in [0.3, 0.4) is 0 Å². The van der Waals surface area contributed by atoms with Crippen molar-refractivity contribution in [2.24, 2.45) is 11.8 Å². The summed E-state index contributed by atoms with van der Waals surface area (Å²) in [5.41, 5.74) is 1.96. The van der Waals surface area contributed by atoms with E-state index >= 15 is 0 Å². The van der Waals surface area contributed by atoms with E-state index in [1.807, 2.05) is 76.2 Å². The van der Waals surface area contributed by atoms with Gasteiger partial charge >= 0.3 is 11.9 Å². The average molecular weight is 768 g/mol. The number of alkyl halides is 1. The van der Waals surface area contributed by atoms with Gasteiger partial charge in [0.2, 0.25) is 17.7 Å². The number of ether oxygens (including phenoxy) is 1. The SMILES string of the molecule is CC(C)C[C@H](NC(=O)[C@H](CCc1ccccc1)NC(=O)CC(C)[C@@H](C)I)C(=O)N[C@@H](Cc1ccccc1)C(=O)OC(=O)c1ccccc1. The molecule has 5 atom stereocenters. The van der Waals surface area contributed by atoms with Crippen LogP contribution in [0.5, 0.6) is 0 Å². The second-order valence-corrected chi connectivity index (χ2v) is 14.5. The highest BCUT2D eigenvalue weighted by atomic mass is 127. The van der Waals surface area contributed by atoms with Crippen molar-refractivity contribution in [2.75, 3.05) is 0 Å². The van der Waals surface area contributed by atoms with E-state index in [9.17, 15) is 24.0 Å². The van der Waals surface area contributed by atoms with Gasteiger partial charge in [-0.1, -0.05) is 129 Å². The Labute approximate surface area is 297 Å². The van der Waals surface area contributed by atoms with E-state index in [0.717, 1.165) is 11.1 Å². The molecule has 0 heterocycles. The highest BCUT2D eigenvalue weighted by Crippen LogP contribution is 2.17. The zero-order valence-corrected chi connectivity index (χ0v) is 30.1. The molecule has 9 nitrogen and oxygen atoms in total. The maximum Gasteiger partial charge on any atom is 0.345 e. The van der Waals surface area contributed by atoms with Crippen LogP contribution in [0.25, 0.3) is 0 Å². The average Bonchev–Trinajstić information content (AvgIpc) is 3.06. The third-order valence-corrected chi connectivity index (χ3v) is 9.16. The van der Waals surface area contributed by atoms with Gasteiger partial charge in [-0.3, -0.25) is 14.4 Å². The molecule has 0 radical (unpaired) electrons. The molecule has 0 aliphatic carbocycles. The van der Waals surface area contributed by atoms with Gasteiger partial charge in [-0.2, -0.15) is 0 Å². The summed E-state index contributed by atoms with van der Waals surface area (Å²) in [6, 6.07) is 23.7. The molecule has 48 heavy (non-hydrogen) atoms. The first-order valence-electron chi connectivity index (χ1n) is 16.4. The quantitative estimate of drug-likeness (QED) is 0.0711. The molecule has 0 saturated carbocycles. The lowest BCUT2D eigenvalue weighted by Crippen LogP contribution is -2.56. The van der Waals surface area contributed by atoms with Crippen LogP contribution in [0, 0.1) is 11.8 Å². The van der Waals surface area contributed by atoms with E-state index in [1.54, 1.807) is 30.3 Å². The van der Waals surface area contributed by atoms with Crippen molar-refractivity contribution < 1.29 is 28.7 Å². The molecule has 0 aliphatic heterocycles. The fourth-order valence-corrected chi connectivity index (χ4v) is 5.27. The lowest BCUT2D eigenvalue weighted by atomic mass is 9.99. The molecular weight excluding hydrogens is 721 g/mol. The fourth-order valence-electron chi connectivity index (χ4n) is 5.02. The van der Waals surface area contributed by atoms with Crippen LogP contribution in [0.1, 0.15) is 68.4 Å². The molecule has 0 bridgehead atoms. The summed E-state index contributed by atoms with van der Waals surface area (Å²) >= 11 is 2.28. The molecule has 0 spiro atoms. The Bertz CT molecular complexity index is 1480. The topological polar surface area (TPSA) is 131 Å². The summed E-state index contributed by atoms with van der Waals surface area (Å²) in [5.74, 6) is -2.95. The van der Waals surface area contributed by atoms with Crippen LogP contribution in [0.4, 0.5) is 0 Å². The molecular formula is C38H46IN3O6. The van der Waals surface area contributed by atoms with Gasteiger partial charge in [-0.25, -0.2) is 9.59 Å². The Morgan fingerprint density at radius 2 is 1.19 bits per heavy atom. The van der Waals surface area contributed by atoms with E-state index in [2.05, 4.69) is 38.5 Å². The number of carbonyl (C=O) groups is 5. The predicted octanol–water partition coefficient (Wildman–Crippen LogP) is 5.60. The first-order chi connectivity index (χ1) is 22.9. The van der Waals surface area contributed by atoms with Crippen molar-refractivity contribution in [1.82, 2.24) is 16.0 Å². The second-order valence-electron chi connectivity index (χ2n) is 12.5. The Kier molecular flexibility index (Phi) is 15.7. The van der Waals surface area contributed by atoms with Crippen LogP contribution in [-0.4, -0.2) is 51.7 Å². The van der Waals surface area contributed by atoms with Crippen molar-refractivity contribution in [2.45, 2.75) is 81.8 Å². The number of benzene rings is 3. The number of esters is 2. The number of rotatable bonds is 17. The van der Waals surface area contributed by atoms with Gasteiger partial charge in [0.25, 0.3) is 0 Å². The Morgan fingerprint density at radius 3 is 1.75 bits per heavy atom. The zero-order valence-electron chi connectivity index (χ0n) is 28.0. The summed E-state index contributed by atoms with van der Waals surface area (Å²) in [5, 5.41) is 8.50. The molecule has 0 saturated heterocycles. The maximum atomic E-state index is 13.8. The molecule has 256 valence electrons. The maximum absolute atomic E-state index is 13.8. The van der Waals surface area contributed by atoms with Gasteiger partial charge in [0, 0.05) is 16.8 Å². The Hall–Kier alpha value is -4.06. The van der Waals surface area contributed by atoms with Gasteiger partial charge in [-0.05, 0) is 54.4 Å². The monoisotopic (exact) mass is 767 g/mol. The molecule has 0 aromatic heterocycles. The van der Waals surface area contributed by atoms with Crippen molar-refractivity contribution >= 4 is 52.3 Å². The lowest BCUT2D eigenvalue weighted by molar-refractivity contribution is -0.143. The predicted molar refractivity (Wildman–Crippen MR) is 194 cm³/mol. The van der Waals surface area contributed by atoms with Gasteiger partial charge in [0.15, 0.2) is 0 Å². The highest BCUT2D eigenvalue weighted by Gasteiger charge is 2.32. The summed E-state index contributed by atoms with van der Waals surface area (Å²) in [6.07, 6.45) is 1.48. The number of hydrogen-bond donors (Lipinski definition) is 3. The molecule has 3 rings (SSSR count). The van der Waals surface area contributed by atoms with Crippen LogP contribution in [0.2, 0.25) is 0 Å². The molecule has 0 aliphatic rings. The molecule has 10 heteroatoms. The van der Waals surface area contributed by atoms with Crippen LogP contribution < -0.4 is 16.0 Å². The summed E-state index contributed by atoms with van der Waals surface area (Å²) in [7, 11) is 0. The van der Waals surface area contributed by atoms with E-state index in [0.29, 0.717) is 12.8 Å². The third-order valence-electron chi connectivity index (χ3n) is 7.93. The Balaban J connectivity index is 1.80. The number of hydrogen-bond acceptors (Lipinski definition) is 6. The number of halogens is 1.